The van der Waals surface area contributed by atoms with Crippen LogP contribution >= 0.6 is 0 Å². The maximum absolute atomic E-state index is 12.7. The van der Waals surface area contributed by atoms with Gasteiger partial charge in [0.1, 0.15) is 5.65 Å². The minimum atomic E-state index is -0.466. The van der Waals surface area contributed by atoms with E-state index in [9.17, 15) is 14.4 Å². The van der Waals surface area contributed by atoms with Gasteiger partial charge >= 0.3 is 5.69 Å². The first-order valence-electron chi connectivity index (χ1n) is 8.07. The van der Waals surface area contributed by atoms with Crippen molar-refractivity contribution < 1.29 is 9.21 Å². The number of pyridine rings is 1. The minimum absolute atomic E-state index is 0.174. The van der Waals surface area contributed by atoms with Crippen molar-refractivity contribution in [3.63, 3.8) is 0 Å². The Balaban J connectivity index is 1.59. The van der Waals surface area contributed by atoms with Crippen molar-refractivity contribution in [3.8, 4) is 0 Å². The number of aromatic amines is 1. The molecular formula is C17H16N4O4. The van der Waals surface area contributed by atoms with Gasteiger partial charge in [0.05, 0.1) is 11.6 Å². The molecular weight excluding hydrogens is 324 g/mol. The van der Waals surface area contributed by atoms with Gasteiger partial charge in [0, 0.05) is 25.3 Å². The van der Waals surface area contributed by atoms with Gasteiger partial charge in [-0.3, -0.25) is 19.1 Å². The normalized spacial score (nSPS) is 15.6. The molecule has 4 rings (SSSR count). The van der Waals surface area contributed by atoms with E-state index >= 15 is 0 Å². The molecule has 1 amide bonds. The Morgan fingerprint density at radius 2 is 2.00 bits per heavy atom. The van der Waals surface area contributed by atoms with Crippen LogP contribution in [0.3, 0.4) is 0 Å². The summed E-state index contributed by atoms with van der Waals surface area (Å²) in [6.07, 6.45) is 4.05. The van der Waals surface area contributed by atoms with E-state index in [1.807, 2.05) is 0 Å². The van der Waals surface area contributed by atoms with Crippen molar-refractivity contribution in [3.05, 3.63) is 63.3 Å². The molecule has 1 aliphatic heterocycles. The summed E-state index contributed by atoms with van der Waals surface area (Å²) in [5.74, 6) is 0.123. The summed E-state index contributed by atoms with van der Waals surface area (Å²) in [6.45, 7) is 0.919. The first kappa shape index (κ1) is 15.4. The number of carbonyl (C=O) groups excluding carboxylic acids is 1. The highest BCUT2D eigenvalue weighted by atomic mass is 16.3. The minimum Gasteiger partial charge on any atom is -0.459 e. The molecule has 3 aromatic heterocycles. The van der Waals surface area contributed by atoms with Crippen LogP contribution in [-0.2, 0) is 0 Å². The molecule has 0 saturated carbocycles. The Morgan fingerprint density at radius 1 is 1.20 bits per heavy atom. The van der Waals surface area contributed by atoms with E-state index in [4.69, 9.17) is 4.42 Å². The highest BCUT2D eigenvalue weighted by Crippen LogP contribution is 2.21. The summed E-state index contributed by atoms with van der Waals surface area (Å²) >= 11 is 0. The van der Waals surface area contributed by atoms with Gasteiger partial charge in [-0.2, -0.15) is 0 Å². The third-order valence-corrected chi connectivity index (χ3v) is 4.55. The maximum Gasteiger partial charge on any atom is 0.330 e. The molecule has 0 aliphatic carbocycles. The van der Waals surface area contributed by atoms with Crippen LogP contribution in [0.15, 0.2) is 50.7 Å². The molecule has 1 fully saturated rings. The van der Waals surface area contributed by atoms with Gasteiger partial charge in [-0.05, 0) is 37.1 Å². The average Bonchev–Trinajstić information content (AvgIpc) is 3.16. The van der Waals surface area contributed by atoms with E-state index in [1.54, 1.807) is 29.2 Å². The molecule has 0 unspecified atom stereocenters. The number of rotatable bonds is 2. The van der Waals surface area contributed by atoms with E-state index in [0.717, 1.165) is 0 Å². The molecule has 4 heterocycles. The van der Waals surface area contributed by atoms with Crippen molar-refractivity contribution in [2.75, 3.05) is 13.1 Å². The van der Waals surface area contributed by atoms with Gasteiger partial charge in [0.25, 0.3) is 11.5 Å². The first-order valence-corrected chi connectivity index (χ1v) is 8.07. The van der Waals surface area contributed by atoms with Crippen LogP contribution in [0.2, 0.25) is 0 Å². The number of piperidine rings is 1. The molecule has 0 radical (unpaired) electrons. The molecule has 0 aromatic carbocycles. The van der Waals surface area contributed by atoms with E-state index in [0.29, 0.717) is 42.7 Å². The number of furan rings is 1. The number of fused-ring (bicyclic) bond motifs is 1. The van der Waals surface area contributed by atoms with Crippen LogP contribution in [0, 0.1) is 0 Å². The molecule has 1 N–H and O–H groups in total. The van der Waals surface area contributed by atoms with Crippen LogP contribution in [-0.4, -0.2) is 38.4 Å². The number of carbonyl (C=O) groups is 1. The second kappa shape index (κ2) is 6.04. The Kier molecular flexibility index (Phi) is 3.72. The number of hydrogen-bond donors (Lipinski definition) is 1. The fourth-order valence-corrected chi connectivity index (χ4v) is 3.28. The van der Waals surface area contributed by atoms with E-state index < -0.39 is 5.69 Å². The van der Waals surface area contributed by atoms with Crippen LogP contribution < -0.4 is 11.2 Å². The molecule has 0 spiro atoms. The molecule has 8 nitrogen and oxygen atoms in total. The van der Waals surface area contributed by atoms with Gasteiger partial charge in [-0.25, -0.2) is 9.78 Å². The molecule has 0 atom stereocenters. The molecule has 25 heavy (non-hydrogen) atoms. The summed E-state index contributed by atoms with van der Waals surface area (Å²) in [5.41, 5.74) is -0.520. The topological polar surface area (TPSA) is 101 Å². The predicted octanol–water partition coefficient (Wildman–Crippen LogP) is 1.16. The van der Waals surface area contributed by atoms with Crippen LogP contribution in [0.1, 0.15) is 29.4 Å². The number of hydrogen-bond acceptors (Lipinski definition) is 5. The van der Waals surface area contributed by atoms with Gasteiger partial charge in [0.2, 0.25) is 0 Å². The van der Waals surface area contributed by atoms with Gasteiger partial charge in [-0.1, -0.05) is 0 Å². The van der Waals surface area contributed by atoms with Crippen LogP contribution in [0.5, 0.6) is 0 Å². The fourth-order valence-electron chi connectivity index (χ4n) is 3.28. The average molecular weight is 340 g/mol. The Morgan fingerprint density at radius 3 is 2.72 bits per heavy atom. The second-order valence-corrected chi connectivity index (χ2v) is 6.01. The number of amides is 1. The lowest BCUT2D eigenvalue weighted by atomic mass is 10.0. The molecule has 1 aliphatic rings. The standard InChI is InChI=1S/C17H16N4O4/c22-15-12-3-1-7-18-14(12)19-17(24)21(15)11-5-8-20(9-6-11)16(23)13-4-2-10-25-13/h1-4,7,10-11H,5-6,8-9H2,(H,18,19,24). The maximum atomic E-state index is 12.7. The number of nitrogens with zero attached hydrogens (tertiary/aromatic N) is 3. The van der Waals surface area contributed by atoms with E-state index in [-0.39, 0.29) is 17.5 Å². The number of H-pyrrole nitrogens is 1. The molecule has 128 valence electrons. The zero-order valence-corrected chi connectivity index (χ0v) is 13.3. The smallest absolute Gasteiger partial charge is 0.330 e. The number of nitrogens with one attached hydrogen (secondary N) is 1. The summed E-state index contributed by atoms with van der Waals surface area (Å²) < 4.78 is 6.39. The summed E-state index contributed by atoms with van der Waals surface area (Å²) in [7, 11) is 0. The van der Waals surface area contributed by atoms with Crippen LogP contribution in [0.4, 0.5) is 0 Å². The number of likely N-dealkylation sites (tertiary alicyclic amines) is 1. The van der Waals surface area contributed by atoms with Gasteiger partial charge in [-0.15, -0.1) is 0 Å². The molecule has 3 aromatic rings. The highest BCUT2D eigenvalue weighted by Gasteiger charge is 2.27. The zero-order valence-electron chi connectivity index (χ0n) is 13.3. The van der Waals surface area contributed by atoms with Crippen molar-refractivity contribution in [1.29, 1.82) is 0 Å². The summed E-state index contributed by atoms with van der Waals surface area (Å²) in [5, 5.41) is 0.385. The highest BCUT2D eigenvalue weighted by molar-refractivity contribution is 5.91. The molecule has 1 saturated heterocycles. The Labute approximate surface area is 141 Å². The summed E-state index contributed by atoms with van der Waals surface area (Å²) in [4.78, 5) is 45.6. The van der Waals surface area contributed by atoms with Crippen LogP contribution in [0.25, 0.3) is 11.0 Å². The molecule has 8 heteroatoms. The van der Waals surface area contributed by atoms with Gasteiger partial charge in [0.15, 0.2) is 5.76 Å². The van der Waals surface area contributed by atoms with Crippen molar-refractivity contribution >= 4 is 16.9 Å². The predicted molar refractivity (Wildman–Crippen MR) is 89.5 cm³/mol. The van der Waals surface area contributed by atoms with Crippen molar-refractivity contribution in [1.82, 2.24) is 19.4 Å². The molecule has 0 bridgehead atoms. The van der Waals surface area contributed by atoms with Crippen molar-refractivity contribution in [2.24, 2.45) is 0 Å². The largest absolute Gasteiger partial charge is 0.459 e. The third-order valence-electron chi connectivity index (χ3n) is 4.55. The lowest BCUT2D eigenvalue weighted by Gasteiger charge is -2.31. The first-order chi connectivity index (χ1) is 12.1. The Hall–Kier alpha value is -3.16. The zero-order chi connectivity index (χ0) is 17.4. The van der Waals surface area contributed by atoms with Gasteiger partial charge < -0.3 is 9.32 Å². The second-order valence-electron chi connectivity index (χ2n) is 6.01. The SMILES string of the molecule is O=C(c1ccco1)N1CCC(n2c(=O)[nH]c3ncccc3c2=O)CC1. The quantitative estimate of drug-likeness (QED) is 0.754. The summed E-state index contributed by atoms with van der Waals surface area (Å²) in [6, 6.07) is 6.35. The fraction of sp³-hybridized carbons (Fsp3) is 0.294. The lowest BCUT2D eigenvalue weighted by Crippen LogP contribution is -2.45. The van der Waals surface area contributed by atoms with E-state index in [2.05, 4.69) is 9.97 Å². The Bertz CT molecular complexity index is 1030. The third kappa shape index (κ3) is 2.65. The van der Waals surface area contributed by atoms with Crippen molar-refractivity contribution in [2.45, 2.75) is 18.9 Å². The van der Waals surface area contributed by atoms with E-state index in [1.165, 1.54) is 17.0 Å². The lowest BCUT2D eigenvalue weighted by molar-refractivity contribution is 0.0660. The monoisotopic (exact) mass is 340 g/mol. The number of aromatic nitrogens is 3.